The van der Waals surface area contributed by atoms with Gasteiger partial charge < -0.3 is 21.3 Å². The summed E-state index contributed by atoms with van der Waals surface area (Å²) in [7, 11) is 0. The van der Waals surface area contributed by atoms with E-state index in [1.54, 1.807) is 0 Å². The summed E-state index contributed by atoms with van der Waals surface area (Å²) in [4.78, 5) is 20.4. The fourth-order valence-electron chi connectivity index (χ4n) is 3.86. The summed E-state index contributed by atoms with van der Waals surface area (Å²) in [6.07, 6.45) is 1.26. The van der Waals surface area contributed by atoms with Crippen LogP contribution in [0.4, 0.5) is 39.3 Å². The quantitative estimate of drug-likeness (QED) is 0.438. The zero-order valence-electron chi connectivity index (χ0n) is 19.1. The third kappa shape index (κ3) is 7.27. The molecule has 0 saturated carbocycles. The van der Waals surface area contributed by atoms with E-state index in [0.717, 1.165) is 11.9 Å². The van der Waals surface area contributed by atoms with Gasteiger partial charge >= 0.3 is 6.18 Å². The lowest BCUT2D eigenvalue weighted by Crippen LogP contribution is -2.39. The predicted molar refractivity (Wildman–Crippen MR) is 123 cm³/mol. The highest BCUT2D eigenvalue weighted by Crippen LogP contribution is 2.35. The molecule has 2 aromatic rings. The van der Waals surface area contributed by atoms with E-state index < -0.39 is 17.9 Å². The first-order valence-corrected chi connectivity index (χ1v) is 11.1. The van der Waals surface area contributed by atoms with Crippen LogP contribution in [0, 0.1) is 24.5 Å². The topological polar surface area (TPSA) is 96.2 Å². The summed E-state index contributed by atoms with van der Waals surface area (Å²) in [6.45, 7) is 2.59. The highest BCUT2D eigenvalue weighted by molar-refractivity contribution is 5.85. The molecule has 0 radical (unpaired) electrons. The number of amides is 1. The van der Waals surface area contributed by atoms with Gasteiger partial charge in [-0.25, -0.2) is 14.4 Å². The number of nitrogen functional groups attached to an aromatic ring is 1. The summed E-state index contributed by atoms with van der Waals surface area (Å²) in [6, 6.07) is 4.34. The standard InChI is InChI=1S/C13H15FN2O.C10H12F4N4/c1-9-6-10(14)8-11(7-9)16-12-4-2-3-5-15-13(12)17;11-7-8(15)16-5-17-9(7)18-3-1-6(2-4-18)10(12,13)14/h2-3,6-8,12,16H,4-5H2,1H3,(H,15,17);5-6H,1-4H2,(H2,15,16,17). The lowest BCUT2D eigenvalue weighted by Gasteiger charge is -2.33. The van der Waals surface area contributed by atoms with E-state index >= 15 is 0 Å². The Bertz CT molecular complexity index is 1030. The normalized spacial score (nSPS) is 18.9. The van der Waals surface area contributed by atoms with Gasteiger partial charge in [0.1, 0.15) is 18.2 Å². The first kappa shape index (κ1) is 26.2. The molecular formula is C23H27F5N6O. The van der Waals surface area contributed by atoms with Crippen LogP contribution < -0.4 is 21.3 Å². The maximum Gasteiger partial charge on any atom is 0.391 e. The maximum atomic E-state index is 13.6. The second-order valence-corrected chi connectivity index (χ2v) is 8.37. The third-order valence-electron chi connectivity index (χ3n) is 5.69. The monoisotopic (exact) mass is 498 g/mol. The molecule has 3 heterocycles. The highest BCUT2D eigenvalue weighted by Gasteiger charge is 2.41. The van der Waals surface area contributed by atoms with Gasteiger partial charge in [-0.3, -0.25) is 4.79 Å². The van der Waals surface area contributed by atoms with Crippen LogP contribution in [0.5, 0.6) is 0 Å². The molecule has 1 aromatic carbocycles. The lowest BCUT2D eigenvalue weighted by molar-refractivity contribution is -0.179. The molecule has 1 amide bonds. The average molecular weight is 499 g/mol. The maximum absolute atomic E-state index is 13.6. The van der Waals surface area contributed by atoms with Gasteiger partial charge in [0.2, 0.25) is 11.7 Å². The number of hydrogen-bond acceptors (Lipinski definition) is 6. The van der Waals surface area contributed by atoms with Crippen LogP contribution in [-0.4, -0.2) is 47.7 Å². The van der Waals surface area contributed by atoms with Crippen molar-refractivity contribution in [3.63, 3.8) is 0 Å². The number of carbonyl (C=O) groups is 1. The molecule has 1 aromatic heterocycles. The average Bonchev–Trinajstić information content (AvgIpc) is 2.99. The molecule has 7 nitrogen and oxygen atoms in total. The van der Waals surface area contributed by atoms with Gasteiger partial charge in [-0.1, -0.05) is 12.2 Å². The number of aryl methyl sites for hydroxylation is 1. The largest absolute Gasteiger partial charge is 0.391 e. The van der Waals surface area contributed by atoms with Gasteiger partial charge in [0.15, 0.2) is 11.6 Å². The Morgan fingerprint density at radius 2 is 1.83 bits per heavy atom. The first-order valence-electron chi connectivity index (χ1n) is 11.1. The van der Waals surface area contributed by atoms with Crippen LogP contribution in [0.3, 0.4) is 0 Å². The number of halogens is 5. The number of alkyl halides is 3. The van der Waals surface area contributed by atoms with E-state index in [1.165, 1.54) is 17.0 Å². The van der Waals surface area contributed by atoms with Crippen molar-refractivity contribution < 1.29 is 26.7 Å². The van der Waals surface area contributed by atoms with Crippen LogP contribution in [0.1, 0.15) is 24.8 Å². The number of benzene rings is 1. The van der Waals surface area contributed by atoms with E-state index in [0.29, 0.717) is 18.7 Å². The molecule has 0 aliphatic carbocycles. The minimum atomic E-state index is -4.19. The van der Waals surface area contributed by atoms with Crippen LogP contribution in [0.15, 0.2) is 36.7 Å². The van der Waals surface area contributed by atoms with E-state index in [2.05, 4.69) is 20.6 Å². The minimum absolute atomic E-state index is 0.0249. The van der Waals surface area contributed by atoms with Crippen molar-refractivity contribution in [2.45, 2.75) is 38.4 Å². The minimum Gasteiger partial charge on any atom is -0.381 e. The summed E-state index contributed by atoms with van der Waals surface area (Å²) in [5.74, 6) is -2.77. The fourth-order valence-corrected chi connectivity index (χ4v) is 3.86. The molecular weight excluding hydrogens is 471 g/mol. The van der Waals surface area contributed by atoms with Gasteiger partial charge in [-0.2, -0.15) is 17.6 Å². The zero-order chi connectivity index (χ0) is 25.6. The Morgan fingerprint density at radius 1 is 1.11 bits per heavy atom. The molecule has 1 saturated heterocycles. The van der Waals surface area contributed by atoms with Crippen LogP contribution >= 0.6 is 0 Å². The Morgan fingerprint density at radius 3 is 2.49 bits per heavy atom. The Hall–Kier alpha value is -3.44. The molecule has 0 bridgehead atoms. The van der Waals surface area contributed by atoms with Crippen molar-refractivity contribution in [3.8, 4) is 0 Å². The number of nitrogens with one attached hydrogen (secondary N) is 2. The van der Waals surface area contributed by atoms with E-state index in [9.17, 15) is 26.7 Å². The predicted octanol–water partition coefficient (Wildman–Crippen LogP) is 3.97. The highest BCUT2D eigenvalue weighted by atomic mass is 19.4. The smallest absolute Gasteiger partial charge is 0.381 e. The number of nitrogens with two attached hydrogens (primary N) is 1. The number of anilines is 3. The first-order chi connectivity index (χ1) is 16.5. The SMILES string of the molecule is Cc1cc(F)cc(NC2CC=CCNC2=O)c1.Nc1ncnc(N2CCC(C(F)(F)F)CC2)c1F. The van der Waals surface area contributed by atoms with Gasteiger partial charge in [-0.15, -0.1) is 0 Å². The molecule has 2 aliphatic heterocycles. The molecule has 190 valence electrons. The zero-order valence-corrected chi connectivity index (χ0v) is 19.1. The summed E-state index contributed by atoms with van der Waals surface area (Å²) in [5, 5.41) is 5.81. The molecule has 1 unspecified atom stereocenters. The number of aromatic nitrogens is 2. The van der Waals surface area contributed by atoms with Gasteiger partial charge in [0.05, 0.1) is 5.92 Å². The molecule has 12 heteroatoms. The lowest BCUT2D eigenvalue weighted by atomic mass is 9.96. The number of piperidine rings is 1. The molecule has 2 aliphatic rings. The second-order valence-electron chi connectivity index (χ2n) is 8.37. The Kier molecular flexibility index (Phi) is 8.47. The van der Waals surface area contributed by atoms with Crippen molar-refractivity contribution >= 4 is 23.2 Å². The summed E-state index contributed by atoms with van der Waals surface area (Å²) in [5.41, 5.74) is 6.76. The number of rotatable bonds is 3. The number of nitrogens with zero attached hydrogens (tertiary/aromatic N) is 3. The van der Waals surface area contributed by atoms with Crippen molar-refractivity contribution in [1.29, 1.82) is 0 Å². The van der Waals surface area contributed by atoms with Crippen molar-refractivity contribution in [2.75, 3.05) is 35.6 Å². The van der Waals surface area contributed by atoms with Crippen LogP contribution in [0.2, 0.25) is 0 Å². The Labute approximate surface area is 199 Å². The van der Waals surface area contributed by atoms with Crippen molar-refractivity contribution in [1.82, 2.24) is 15.3 Å². The van der Waals surface area contributed by atoms with E-state index in [-0.39, 0.29) is 55.3 Å². The third-order valence-corrected chi connectivity index (χ3v) is 5.69. The van der Waals surface area contributed by atoms with Gasteiger partial charge in [0.25, 0.3) is 0 Å². The van der Waals surface area contributed by atoms with Gasteiger partial charge in [-0.05, 0) is 49.9 Å². The Balaban J connectivity index is 0.000000196. The molecule has 4 rings (SSSR count). The molecule has 1 fully saturated rings. The summed E-state index contributed by atoms with van der Waals surface area (Å²) >= 11 is 0. The van der Waals surface area contributed by atoms with Crippen LogP contribution in [-0.2, 0) is 4.79 Å². The molecule has 4 N–H and O–H groups in total. The van der Waals surface area contributed by atoms with Crippen molar-refractivity contribution in [2.24, 2.45) is 5.92 Å². The molecule has 1 atom stereocenters. The molecule has 0 spiro atoms. The fraction of sp³-hybridized carbons (Fsp3) is 0.435. The second kappa shape index (κ2) is 11.3. The number of carbonyl (C=O) groups excluding carboxylic acids is 1. The summed E-state index contributed by atoms with van der Waals surface area (Å²) < 4.78 is 64.2. The number of hydrogen-bond donors (Lipinski definition) is 3. The van der Waals surface area contributed by atoms with Crippen LogP contribution in [0.25, 0.3) is 0 Å². The van der Waals surface area contributed by atoms with Gasteiger partial charge in [0, 0.05) is 25.3 Å². The molecule has 35 heavy (non-hydrogen) atoms. The van der Waals surface area contributed by atoms with E-state index in [1.807, 2.05) is 25.1 Å². The van der Waals surface area contributed by atoms with Crippen molar-refractivity contribution in [3.05, 3.63) is 53.9 Å². The van der Waals surface area contributed by atoms with E-state index in [4.69, 9.17) is 5.73 Å².